The second kappa shape index (κ2) is 5.98. The van der Waals surface area contributed by atoms with E-state index in [0.717, 1.165) is 12.5 Å². The van der Waals surface area contributed by atoms with Gasteiger partial charge in [0.2, 0.25) is 0 Å². The Labute approximate surface area is 109 Å². The number of nitrogens with one attached hydrogen (secondary N) is 1. The van der Waals surface area contributed by atoms with Crippen molar-refractivity contribution in [3.05, 3.63) is 21.9 Å². The number of nitrogens with zero attached hydrogens (tertiary/aromatic N) is 1. The second-order valence-corrected chi connectivity index (χ2v) is 6.42. The van der Waals surface area contributed by atoms with Crippen LogP contribution in [0.3, 0.4) is 0 Å². The average Bonchev–Trinajstić information content (AvgIpc) is 2.55. The van der Waals surface area contributed by atoms with Gasteiger partial charge in [-0.3, -0.25) is 4.90 Å². The number of hydrogen-bond donors (Lipinski definition) is 1. The van der Waals surface area contributed by atoms with E-state index < -0.39 is 0 Å². The molecule has 1 unspecified atom stereocenters. The molecule has 0 aliphatic carbocycles. The SMILES string of the molecule is Cc1ccsc1CN1CCCNC(C(C)C)C1. The first-order chi connectivity index (χ1) is 8.16. The van der Waals surface area contributed by atoms with Crippen molar-refractivity contribution in [2.45, 2.75) is 39.8 Å². The van der Waals surface area contributed by atoms with Crippen LogP contribution in [0, 0.1) is 12.8 Å². The maximum absolute atomic E-state index is 3.67. The van der Waals surface area contributed by atoms with Crippen LogP contribution < -0.4 is 5.32 Å². The van der Waals surface area contributed by atoms with Crippen molar-refractivity contribution in [3.63, 3.8) is 0 Å². The van der Waals surface area contributed by atoms with Gasteiger partial charge in [-0.2, -0.15) is 0 Å². The number of rotatable bonds is 3. The molecule has 1 fully saturated rings. The third-order valence-corrected chi connectivity index (χ3v) is 4.66. The maximum Gasteiger partial charge on any atom is 0.0331 e. The standard InChI is InChI=1S/C14H24N2S/c1-11(2)13-9-16(7-4-6-15-13)10-14-12(3)5-8-17-14/h5,8,11,13,15H,4,6-7,9-10H2,1-3H3. The van der Waals surface area contributed by atoms with Gasteiger partial charge in [0.25, 0.3) is 0 Å². The molecule has 1 N–H and O–H groups in total. The molecule has 0 saturated carbocycles. The van der Waals surface area contributed by atoms with E-state index in [1.807, 2.05) is 11.3 Å². The summed E-state index contributed by atoms with van der Waals surface area (Å²) < 4.78 is 0. The van der Waals surface area contributed by atoms with Crippen LogP contribution in [0.2, 0.25) is 0 Å². The maximum atomic E-state index is 3.67. The van der Waals surface area contributed by atoms with Gasteiger partial charge in [0, 0.05) is 24.0 Å². The lowest BCUT2D eigenvalue weighted by atomic mass is 10.0. The molecule has 3 heteroatoms. The molecule has 1 aromatic rings. The fraction of sp³-hybridized carbons (Fsp3) is 0.714. The summed E-state index contributed by atoms with van der Waals surface area (Å²) in [4.78, 5) is 4.15. The van der Waals surface area contributed by atoms with Crippen molar-refractivity contribution in [1.82, 2.24) is 10.2 Å². The molecule has 2 heterocycles. The largest absolute Gasteiger partial charge is 0.312 e. The number of thiophene rings is 1. The Hall–Kier alpha value is -0.380. The van der Waals surface area contributed by atoms with Gasteiger partial charge in [0.15, 0.2) is 0 Å². The van der Waals surface area contributed by atoms with E-state index in [9.17, 15) is 0 Å². The van der Waals surface area contributed by atoms with Crippen LogP contribution in [0.1, 0.15) is 30.7 Å². The Kier molecular flexibility index (Phi) is 4.60. The Morgan fingerprint density at radius 2 is 2.35 bits per heavy atom. The summed E-state index contributed by atoms with van der Waals surface area (Å²) in [6, 6.07) is 2.88. The first-order valence-electron chi connectivity index (χ1n) is 6.65. The van der Waals surface area contributed by atoms with Gasteiger partial charge in [-0.15, -0.1) is 11.3 Å². The van der Waals surface area contributed by atoms with Gasteiger partial charge in [-0.25, -0.2) is 0 Å². The molecule has 0 spiro atoms. The summed E-state index contributed by atoms with van der Waals surface area (Å²) >= 11 is 1.90. The van der Waals surface area contributed by atoms with Crippen LogP contribution in [0.5, 0.6) is 0 Å². The van der Waals surface area contributed by atoms with E-state index in [2.05, 4.69) is 42.4 Å². The van der Waals surface area contributed by atoms with Crippen molar-refractivity contribution in [3.8, 4) is 0 Å². The van der Waals surface area contributed by atoms with Crippen molar-refractivity contribution in [2.75, 3.05) is 19.6 Å². The van der Waals surface area contributed by atoms with Gasteiger partial charge < -0.3 is 5.32 Å². The Morgan fingerprint density at radius 1 is 1.53 bits per heavy atom. The van der Waals surface area contributed by atoms with E-state index in [4.69, 9.17) is 0 Å². The molecular weight excluding hydrogens is 228 g/mol. The summed E-state index contributed by atoms with van der Waals surface area (Å²) in [5.41, 5.74) is 1.45. The Morgan fingerprint density at radius 3 is 3.00 bits per heavy atom. The molecule has 0 amide bonds. The molecule has 1 aliphatic rings. The highest BCUT2D eigenvalue weighted by Crippen LogP contribution is 2.19. The lowest BCUT2D eigenvalue weighted by Crippen LogP contribution is -2.40. The zero-order valence-corrected chi connectivity index (χ0v) is 12.0. The van der Waals surface area contributed by atoms with Crippen LogP contribution in [0.4, 0.5) is 0 Å². The first kappa shape index (κ1) is 13.1. The summed E-state index contributed by atoms with van der Waals surface area (Å²) in [5.74, 6) is 0.722. The number of aryl methyl sites for hydroxylation is 1. The summed E-state index contributed by atoms with van der Waals surface area (Å²) in [7, 11) is 0. The molecule has 0 bridgehead atoms. The van der Waals surface area contributed by atoms with Gasteiger partial charge >= 0.3 is 0 Å². The van der Waals surface area contributed by atoms with Crippen LogP contribution >= 0.6 is 11.3 Å². The molecule has 1 aliphatic heterocycles. The van der Waals surface area contributed by atoms with Crippen molar-refractivity contribution >= 4 is 11.3 Å². The molecule has 96 valence electrons. The molecule has 0 aromatic carbocycles. The predicted octanol–water partition coefficient (Wildman–Crippen LogP) is 2.88. The lowest BCUT2D eigenvalue weighted by Gasteiger charge is -2.26. The topological polar surface area (TPSA) is 15.3 Å². The molecule has 17 heavy (non-hydrogen) atoms. The van der Waals surface area contributed by atoms with Crippen molar-refractivity contribution < 1.29 is 0 Å². The van der Waals surface area contributed by atoms with Gasteiger partial charge in [0.05, 0.1) is 0 Å². The molecule has 1 aromatic heterocycles. The van der Waals surface area contributed by atoms with E-state index in [1.165, 1.54) is 36.5 Å². The summed E-state index contributed by atoms with van der Waals surface area (Å²) in [6.45, 7) is 11.6. The van der Waals surface area contributed by atoms with Crippen LogP contribution in [-0.4, -0.2) is 30.6 Å². The monoisotopic (exact) mass is 252 g/mol. The fourth-order valence-electron chi connectivity index (χ4n) is 2.38. The number of hydrogen-bond acceptors (Lipinski definition) is 3. The molecule has 2 nitrogen and oxygen atoms in total. The smallest absolute Gasteiger partial charge is 0.0331 e. The van der Waals surface area contributed by atoms with Crippen LogP contribution in [0.25, 0.3) is 0 Å². The summed E-state index contributed by atoms with van der Waals surface area (Å²) in [5, 5.41) is 5.88. The third kappa shape index (κ3) is 3.54. The highest BCUT2D eigenvalue weighted by molar-refractivity contribution is 7.10. The summed E-state index contributed by atoms with van der Waals surface area (Å²) in [6.07, 6.45) is 1.27. The molecule has 1 atom stereocenters. The van der Waals surface area contributed by atoms with E-state index in [-0.39, 0.29) is 0 Å². The molecule has 1 saturated heterocycles. The normalized spacial score (nSPS) is 22.9. The minimum atomic E-state index is 0.651. The molecule has 0 radical (unpaired) electrons. The van der Waals surface area contributed by atoms with E-state index >= 15 is 0 Å². The van der Waals surface area contributed by atoms with Gasteiger partial charge in [-0.05, 0) is 49.4 Å². The van der Waals surface area contributed by atoms with Crippen molar-refractivity contribution in [1.29, 1.82) is 0 Å². The van der Waals surface area contributed by atoms with Gasteiger partial charge in [0.1, 0.15) is 0 Å². The highest BCUT2D eigenvalue weighted by atomic mass is 32.1. The molecule has 2 rings (SSSR count). The second-order valence-electron chi connectivity index (χ2n) is 5.42. The Balaban J connectivity index is 1.97. The third-order valence-electron chi connectivity index (χ3n) is 3.65. The fourth-order valence-corrected chi connectivity index (χ4v) is 3.33. The minimum absolute atomic E-state index is 0.651. The van der Waals surface area contributed by atoms with Gasteiger partial charge in [-0.1, -0.05) is 13.8 Å². The van der Waals surface area contributed by atoms with Crippen LogP contribution in [-0.2, 0) is 6.54 Å². The van der Waals surface area contributed by atoms with Crippen LogP contribution in [0.15, 0.2) is 11.4 Å². The highest BCUT2D eigenvalue weighted by Gasteiger charge is 2.20. The minimum Gasteiger partial charge on any atom is -0.312 e. The zero-order chi connectivity index (χ0) is 12.3. The average molecular weight is 252 g/mol. The zero-order valence-electron chi connectivity index (χ0n) is 11.2. The van der Waals surface area contributed by atoms with E-state index in [1.54, 1.807) is 0 Å². The Bertz CT molecular complexity index is 346. The van der Waals surface area contributed by atoms with E-state index in [0.29, 0.717) is 6.04 Å². The lowest BCUT2D eigenvalue weighted by molar-refractivity contribution is 0.240. The molecular formula is C14H24N2S. The predicted molar refractivity (Wildman–Crippen MR) is 75.6 cm³/mol. The van der Waals surface area contributed by atoms with Crippen molar-refractivity contribution in [2.24, 2.45) is 5.92 Å². The quantitative estimate of drug-likeness (QED) is 0.890. The first-order valence-corrected chi connectivity index (χ1v) is 7.53.